The lowest BCUT2D eigenvalue weighted by molar-refractivity contribution is -0.122. The molecule has 1 aliphatic rings. The van der Waals surface area contributed by atoms with Gasteiger partial charge in [0.05, 0.1) is 11.4 Å². The van der Waals surface area contributed by atoms with Crippen LogP contribution in [0.4, 0.5) is 11.4 Å². The van der Waals surface area contributed by atoms with Gasteiger partial charge in [-0.3, -0.25) is 9.80 Å². The summed E-state index contributed by atoms with van der Waals surface area (Å²) in [6.45, 7) is 0.817. The summed E-state index contributed by atoms with van der Waals surface area (Å²) in [5, 5.41) is 3.80. The van der Waals surface area contributed by atoms with Gasteiger partial charge in [0.1, 0.15) is 5.41 Å². The Morgan fingerprint density at radius 1 is 0.800 bits per heavy atom. The molecule has 0 radical (unpaired) electrons. The van der Waals surface area contributed by atoms with E-state index in [1.807, 2.05) is 83.8 Å². The predicted molar refractivity (Wildman–Crippen MR) is 126 cm³/mol. The molecular formula is C25H28ClN3O. The van der Waals surface area contributed by atoms with Gasteiger partial charge in [-0.2, -0.15) is 0 Å². The third kappa shape index (κ3) is 3.57. The van der Waals surface area contributed by atoms with Crippen molar-refractivity contribution in [1.82, 2.24) is 4.90 Å². The summed E-state index contributed by atoms with van der Waals surface area (Å²) in [7, 11) is 6.06. The van der Waals surface area contributed by atoms with E-state index in [-0.39, 0.29) is 18.3 Å². The molecule has 0 bridgehead atoms. The second-order valence-electron chi connectivity index (χ2n) is 7.82. The highest BCUT2D eigenvalue weighted by Crippen LogP contribution is 2.49. The SMILES string of the molecule is CN(C)CCC1(c2ccccc2)C(=O)N(N(C)c2ccccc2)c2ccccc21.Cl. The molecule has 0 aromatic heterocycles. The molecule has 1 atom stereocenters. The van der Waals surface area contributed by atoms with Crippen molar-refractivity contribution in [2.24, 2.45) is 0 Å². The van der Waals surface area contributed by atoms with Crippen LogP contribution in [0.3, 0.4) is 0 Å². The lowest BCUT2D eigenvalue weighted by Gasteiger charge is -2.34. The Morgan fingerprint density at radius 2 is 1.37 bits per heavy atom. The Morgan fingerprint density at radius 3 is 2.00 bits per heavy atom. The Hall–Kier alpha value is -2.82. The molecule has 1 aliphatic heterocycles. The molecule has 1 heterocycles. The average Bonchev–Trinajstić information content (AvgIpc) is 3.01. The first-order chi connectivity index (χ1) is 14.1. The van der Waals surface area contributed by atoms with Crippen LogP contribution in [0.2, 0.25) is 0 Å². The second kappa shape index (κ2) is 8.90. The van der Waals surface area contributed by atoms with Crippen molar-refractivity contribution in [3.05, 3.63) is 96.1 Å². The molecule has 0 aliphatic carbocycles. The van der Waals surface area contributed by atoms with E-state index >= 15 is 0 Å². The van der Waals surface area contributed by atoms with E-state index in [0.717, 1.165) is 35.5 Å². The Bertz CT molecular complexity index is 994. The maximum atomic E-state index is 14.2. The second-order valence-corrected chi connectivity index (χ2v) is 7.82. The fourth-order valence-electron chi connectivity index (χ4n) is 4.26. The first-order valence-corrected chi connectivity index (χ1v) is 9.99. The van der Waals surface area contributed by atoms with E-state index in [0.29, 0.717) is 0 Å². The summed E-state index contributed by atoms with van der Waals surface area (Å²) < 4.78 is 0. The number of hydrogen-bond acceptors (Lipinski definition) is 3. The number of rotatable bonds is 6. The number of hydrazine groups is 1. The van der Waals surface area contributed by atoms with Crippen LogP contribution in [0, 0.1) is 0 Å². The van der Waals surface area contributed by atoms with Gasteiger partial charge >= 0.3 is 0 Å². The normalized spacial score (nSPS) is 17.6. The van der Waals surface area contributed by atoms with Crippen LogP contribution in [0.1, 0.15) is 17.5 Å². The van der Waals surface area contributed by atoms with Crippen molar-refractivity contribution in [3.63, 3.8) is 0 Å². The highest BCUT2D eigenvalue weighted by atomic mass is 35.5. The van der Waals surface area contributed by atoms with Gasteiger partial charge < -0.3 is 4.90 Å². The van der Waals surface area contributed by atoms with E-state index in [9.17, 15) is 4.79 Å². The van der Waals surface area contributed by atoms with Gasteiger partial charge in [0.25, 0.3) is 5.91 Å². The molecule has 5 heteroatoms. The number of halogens is 1. The lowest BCUT2D eigenvalue weighted by Crippen LogP contribution is -2.49. The molecule has 30 heavy (non-hydrogen) atoms. The van der Waals surface area contributed by atoms with Crippen LogP contribution < -0.4 is 10.0 Å². The molecule has 4 rings (SSSR count). The highest BCUT2D eigenvalue weighted by Gasteiger charge is 2.53. The average molecular weight is 422 g/mol. The number of nitrogens with zero attached hydrogens (tertiary/aromatic N) is 3. The summed E-state index contributed by atoms with van der Waals surface area (Å²) in [5.41, 5.74) is 3.34. The number of benzene rings is 3. The standard InChI is InChI=1S/C25H27N3O.ClH/c1-26(2)19-18-25(20-12-6-4-7-13-20)22-16-10-11-17-23(22)28(24(25)29)27(3)21-14-8-5-9-15-21;/h4-17H,18-19H2,1-3H3;1H. The van der Waals surface area contributed by atoms with Crippen LogP contribution in [-0.4, -0.2) is 38.5 Å². The van der Waals surface area contributed by atoms with Gasteiger partial charge in [-0.05, 0) is 56.4 Å². The predicted octanol–water partition coefficient (Wildman–Crippen LogP) is 4.74. The molecule has 1 unspecified atom stereocenters. The maximum Gasteiger partial charge on any atom is 0.261 e. The van der Waals surface area contributed by atoms with Gasteiger partial charge in [-0.15, -0.1) is 12.4 Å². The smallest absolute Gasteiger partial charge is 0.261 e. The monoisotopic (exact) mass is 421 g/mol. The Balaban J connectivity index is 0.00000256. The highest BCUT2D eigenvalue weighted by molar-refractivity contribution is 6.11. The first kappa shape index (κ1) is 21.9. The van der Waals surface area contributed by atoms with Crippen molar-refractivity contribution < 1.29 is 4.79 Å². The number of amides is 1. The summed E-state index contributed by atoms with van der Waals surface area (Å²) in [5.74, 6) is 0.0955. The van der Waals surface area contributed by atoms with Crippen molar-refractivity contribution in [2.45, 2.75) is 11.8 Å². The minimum atomic E-state index is -0.703. The minimum absolute atomic E-state index is 0. The zero-order chi connectivity index (χ0) is 20.4. The summed E-state index contributed by atoms with van der Waals surface area (Å²) >= 11 is 0. The Kier molecular flexibility index (Phi) is 6.49. The number of carbonyl (C=O) groups excluding carboxylic acids is 1. The van der Waals surface area contributed by atoms with Crippen LogP contribution in [0.25, 0.3) is 0 Å². The van der Waals surface area contributed by atoms with E-state index in [4.69, 9.17) is 0 Å². The molecule has 0 spiro atoms. The Labute approximate surface area is 185 Å². The van der Waals surface area contributed by atoms with Gasteiger partial charge in [-0.1, -0.05) is 66.7 Å². The summed E-state index contributed by atoms with van der Waals surface area (Å²) in [6.07, 6.45) is 0.721. The number of anilines is 2. The molecule has 0 saturated carbocycles. The van der Waals surface area contributed by atoms with Crippen molar-refractivity contribution in [2.75, 3.05) is 37.7 Å². The molecule has 0 saturated heterocycles. The maximum absolute atomic E-state index is 14.2. The fourth-order valence-corrected chi connectivity index (χ4v) is 4.26. The molecule has 3 aromatic rings. The van der Waals surface area contributed by atoms with Crippen LogP contribution in [0.5, 0.6) is 0 Å². The van der Waals surface area contributed by atoms with E-state index < -0.39 is 5.41 Å². The molecular weight excluding hydrogens is 394 g/mol. The third-order valence-electron chi connectivity index (χ3n) is 5.78. The molecule has 0 fully saturated rings. The topological polar surface area (TPSA) is 26.8 Å². The van der Waals surface area contributed by atoms with Gasteiger partial charge in [-0.25, -0.2) is 5.01 Å². The third-order valence-corrected chi connectivity index (χ3v) is 5.78. The molecule has 4 nitrogen and oxygen atoms in total. The molecule has 0 N–H and O–H groups in total. The summed E-state index contributed by atoms with van der Waals surface area (Å²) in [4.78, 5) is 16.3. The molecule has 3 aromatic carbocycles. The van der Waals surface area contributed by atoms with Crippen LogP contribution in [-0.2, 0) is 10.2 Å². The fraction of sp³-hybridized carbons (Fsp3) is 0.240. The van der Waals surface area contributed by atoms with Gasteiger partial charge in [0.15, 0.2) is 0 Å². The van der Waals surface area contributed by atoms with Gasteiger partial charge in [0, 0.05) is 7.05 Å². The zero-order valence-corrected chi connectivity index (χ0v) is 18.5. The van der Waals surface area contributed by atoms with Crippen LogP contribution in [0.15, 0.2) is 84.9 Å². The quantitative estimate of drug-likeness (QED) is 0.575. The number of para-hydroxylation sites is 2. The number of carbonyl (C=O) groups is 1. The molecule has 156 valence electrons. The van der Waals surface area contributed by atoms with Crippen molar-refractivity contribution >= 4 is 29.7 Å². The zero-order valence-electron chi connectivity index (χ0n) is 17.7. The first-order valence-electron chi connectivity index (χ1n) is 9.99. The van der Waals surface area contributed by atoms with Crippen molar-refractivity contribution in [3.8, 4) is 0 Å². The van der Waals surface area contributed by atoms with E-state index in [1.165, 1.54) is 0 Å². The van der Waals surface area contributed by atoms with Gasteiger partial charge in [0.2, 0.25) is 0 Å². The number of fused-ring (bicyclic) bond motifs is 1. The van der Waals surface area contributed by atoms with Crippen molar-refractivity contribution in [1.29, 1.82) is 0 Å². The van der Waals surface area contributed by atoms with Crippen LogP contribution >= 0.6 is 12.4 Å². The lowest BCUT2D eigenvalue weighted by atomic mass is 9.73. The van der Waals surface area contributed by atoms with E-state index in [2.05, 4.69) is 37.2 Å². The number of hydrogen-bond donors (Lipinski definition) is 0. The van der Waals surface area contributed by atoms with E-state index in [1.54, 1.807) is 0 Å². The largest absolute Gasteiger partial charge is 0.309 e. The summed E-state index contributed by atoms with van der Waals surface area (Å²) in [6, 6.07) is 28.4. The minimum Gasteiger partial charge on any atom is -0.309 e. The molecule has 1 amide bonds.